The smallest absolute Gasteiger partial charge is 0.0438 e. The van der Waals surface area contributed by atoms with Gasteiger partial charge in [0.2, 0.25) is 0 Å². The molecule has 0 saturated heterocycles. The molecule has 0 aromatic carbocycles. The van der Waals surface area contributed by atoms with Crippen LogP contribution < -0.4 is 5.32 Å². The maximum atomic E-state index is 3.73. The fourth-order valence-corrected chi connectivity index (χ4v) is 2.85. The van der Waals surface area contributed by atoms with E-state index in [1.54, 1.807) is 0 Å². The zero-order valence-electron chi connectivity index (χ0n) is 9.92. The molecule has 0 aliphatic heterocycles. The van der Waals surface area contributed by atoms with Crippen molar-refractivity contribution in [3.05, 3.63) is 22.4 Å². The largest absolute Gasteiger partial charge is 0.308 e. The first-order valence-corrected chi connectivity index (χ1v) is 6.75. The van der Waals surface area contributed by atoms with Crippen molar-refractivity contribution in [2.45, 2.75) is 39.7 Å². The third kappa shape index (κ3) is 2.82. The molecule has 0 amide bonds. The molecule has 1 N–H and O–H groups in total. The van der Waals surface area contributed by atoms with Gasteiger partial charge in [0.05, 0.1) is 0 Å². The predicted molar refractivity (Wildman–Crippen MR) is 67.2 cm³/mol. The van der Waals surface area contributed by atoms with Gasteiger partial charge in [-0.1, -0.05) is 26.8 Å². The second-order valence-electron chi connectivity index (χ2n) is 5.43. The van der Waals surface area contributed by atoms with Crippen molar-refractivity contribution >= 4 is 11.3 Å². The molecule has 1 heterocycles. The van der Waals surface area contributed by atoms with Crippen LogP contribution in [-0.4, -0.2) is 6.54 Å². The molecule has 1 saturated carbocycles. The molecule has 1 aromatic heterocycles. The number of rotatable bonds is 5. The van der Waals surface area contributed by atoms with Crippen LogP contribution in [0.25, 0.3) is 0 Å². The summed E-state index contributed by atoms with van der Waals surface area (Å²) >= 11 is 1.87. The quantitative estimate of drug-likeness (QED) is 0.800. The maximum absolute atomic E-state index is 3.73. The predicted octanol–water partition coefficient (Wildman–Crippen LogP) is 3.83. The second-order valence-corrected chi connectivity index (χ2v) is 6.41. The fourth-order valence-electron chi connectivity index (χ4n) is 1.88. The Hall–Kier alpha value is -0.340. The zero-order chi connectivity index (χ0) is 10.9. The molecule has 1 aliphatic carbocycles. The molecule has 1 atom stereocenters. The van der Waals surface area contributed by atoms with Crippen molar-refractivity contribution in [2.24, 2.45) is 11.3 Å². The molecule has 0 spiro atoms. The lowest BCUT2D eigenvalue weighted by Gasteiger charge is -2.23. The minimum atomic E-state index is 0.544. The number of hydrogen-bond donors (Lipinski definition) is 1. The Bertz CT molecular complexity index is 298. The molecule has 1 aromatic rings. The van der Waals surface area contributed by atoms with Gasteiger partial charge in [0, 0.05) is 17.5 Å². The van der Waals surface area contributed by atoms with Gasteiger partial charge in [0.1, 0.15) is 0 Å². The van der Waals surface area contributed by atoms with E-state index in [1.807, 2.05) is 11.3 Å². The van der Waals surface area contributed by atoms with Gasteiger partial charge in [-0.2, -0.15) is 0 Å². The van der Waals surface area contributed by atoms with E-state index in [1.165, 1.54) is 24.3 Å². The molecular weight excluding hydrogens is 202 g/mol. The van der Waals surface area contributed by atoms with E-state index in [4.69, 9.17) is 0 Å². The lowest BCUT2D eigenvalue weighted by molar-refractivity contribution is 0.375. The van der Waals surface area contributed by atoms with Crippen LogP contribution in [0.15, 0.2) is 17.5 Å². The molecule has 0 radical (unpaired) electrons. The summed E-state index contributed by atoms with van der Waals surface area (Å²) in [7, 11) is 0. The van der Waals surface area contributed by atoms with E-state index in [0.29, 0.717) is 17.4 Å². The topological polar surface area (TPSA) is 12.0 Å². The first-order chi connectivity index (χ1) is 7.11. The van der Waals surface area contributed by atoms with Crippen LogP contribution >= 0.6 is 11.3 Å². The van der Waals surface area contributed by atoms with E-state index in [0.717, 1.165) is 0 Å². The number of hydrogen-bond acceptors (Lipinski definition) is 2. The molecule has 1 aliphatic rings. The average Bonchev–Trinajstić information content (AvgIpc) is 2.70. The van der Waals surface area contributed by atoms with Crippen molar-refractivity contribution in [1.29, 1.82) is 0 Å². The summed E-state index contributed by atoms with van der Waals surface area (Å²) in [6.07, 6.45) is 2.80. The third-order valence-corrected chi connectivity index (χ3v) is 4.32. The highest BCUT2D eigenvalue weighted by Gasteiger charge is 2.37. The van der Waals surface area contributed by atoms with Crippen molar-refractivity contribution in [1.82, 2.24) is 5.32 Å². The van der Waals surface area contributed by atoms with Crippen LogP contribution in [0.3, 0.4) is 0 Å². The summed E-state index contributed by atoms with van der Waals surface area (Å²) < 4.78 is 0. The molecule has 1 fully saturated rings. The third-order valence-electron chi connectivity index (χ3n) is 3.37. The van der Waals surface area contributed by atoms with Crippen LogP contribution in [0.5, 0.6) is 0 Å². The van der Waals surface area contributed by atoms with Gasteiger partial charge in [-0.05, 0) is 35.6 Å². The monoisotopic (exact) mass is 223 g/mol. The van der Waals surface area contributed by atoms with Crippen molar-refractivity contribution in [3.8, 4) is 0 Å². The summed E-state index contributed by atoms with van der Waals surface area (Å²) in [6, 6.07) is 4.94. The fraction of sp³-hybridized carbons (Fsp3) is 0.692. The first kappa shape index (κ1) is 11.2. The molecule has 2 heteroatoms. The second kappa shape index (κ2) is 4.26. The van der Waals surface area contributed by atoms with Gasteiger partial charge in [-0.25, -0.2) is 0 Å². The van der Waals surface area contributed by atoms with Crippen molar-refractivity contribution in [2.75, 3.05) is 6.54 Å². The Morgan fingerprint density at radius 1 is 1.47 bits per heavy atom. The van der Waals surface area contributed by atoms with E-state index in [2.05, 4.69) is 43.6 Å². The van der Waals surface area contributed by atoms with Crippen LogP contribution in [0.2, 0.25) is 0 Å². The Kier molecular flexibility index (Phi) is 3.17. The summed E-state index contributed by atoms with van der Waals surface area (Å²) in [6.45, 7) is 8.15. The highest BCUT2D eigenvalue weighted by Crippen LogP contribution is 2.44. The summed E-state index contributed by atoms with van der Waals surface area (Å²) in [5.41, 5.74) is 0.602. The molecule has 2 rings (SSSR count). The van der Waals surface area contributed by atoms with Crippen LogP contribution in [0, 0.1) is 11.3 Å². The Morgan fingerprint density at radius 3 is 2.67 bits per heavy atom. The van der Waals surface area contributed by atoms with E-state index < -0.39 is 0 Å². The molecule has 84 valence electrons. The molecule has 1 nitrogen and oxygen atoms in total. The van der Waals surface area contributed by atoms with E-state index in [-0.39, 0.29) is 0 Å². The minimum Gasteiger partial charge on any atom is -0.308 e. The molecule has 15 heavy (non-hydrogen) atoms. The Balaban J connectivity index is 1.95. The number of nitrogens with one attached hydrogen (secondary N) is 1. The standard InChI is InChI=1S/C13H21NS/c1-10(2)12(11-5-4-8-15-11)14-9-13(3)6-7-13/h4-5,8,10,12,14H,6-7,9H2,1-3H3. The first-order valence-electron chi connectivity index (χ1n) is 5.87. The van der Waals surface area contributed by atoms with Crippen molar-refractivity contribution < 1.29 is 0 Å². The van der Waals surface area contributed by atoms with Gasteiger partial charge in [-0.3, -0.25) is 0 Å². The van der Waals surface area contributed by atoms with E-state index in [9.17, 15) is 0 Å². The van der Waals surface area contributed by atoms with Gasteiger partial charge < -0.3 is 5.32 Å². The summed E-state index contributed by atoms with van der Waals surface area (Å²) in [5.74, 6) is 0.672. The lowest BCUT2D eigenvalue weighted by atomic mass is 10.0. The summed E-state index contributed by atoms with van der Waals surface area (Å²) in [5, 5.41) is 5.91. The van der Waals surface area contributed by atoms with Gasteiger partial charge in [0.25, 0.3) is 0 Å². The van der Waals surface area contributed by atoms with Gasteiger partial charge >= 0.3 is 0 Å². The van der Waals surface area contributed by atoms with Crippen molar-refractivity contribution in [3.63, 3.8) is 0 Å². The number of thiophene rings is 1. The SMILES string of the molecule is CC(C)C(NCC1(C)CC1)c1cccs1. The maximum Gasteiger partial charge on any atom is 0.0438 e. The summed E-state index contributed by atoms with van der Waals surface area (Å²) in [4.78, 5) is 1.48. The molecule has 0 bridgehead atoms. The normalized spacial score (nSPS) is 20.5. The Labute approximate surface area is 96.9 Å². The molecule has 1 unspecified atom stereocenters. The van der Waals surface area contributed by atoms with Crippen LogP contribution in [0.4, 0.5) is 0 Å². The van der Waals surface area contributed by atoms with E-state index >= 15 is 0 Å². The highest BCUT2D eigenvalue weighted by atomic mass is 32.1. The Morgan fingerprint density at radius 2 is 2.20 bits per heavy atom. The highest BCUT2D eigenvalue weighted by molar-refractivity contribution is 7.10. The minimum absolute atomic E-state index is 0.544. The molecular formula is C13H21NS. The van der Waals surface area contributed by atoms with Gasteiger partial charge in [0.15, 0.2) is 0 Å². The average molecular weight is 223 g/mol. The zero-order valence-corrected chi connectivity index (χ0v) is 10.7. The van der Waals surface area contributed by atoms with Crippen LogP contribution in [0.1, 0.15) is 44.5 Å². The van der Waals surface area contributed by atoms with Gasteiger partial charge in [-0.15, -0.1) is 11.3 Å². The lowest BCUT2D eigenvalue weighted by Crippen LogP contribution is -2.29. The van der Waals surface area contributed by atoms with Crippen LogP contribution in [-0.2, 0) is 0 Å².